The van der Waals surface area contributed by atoms with E-state index in [9.17, 15) is 4.79 Å². The fraction of sp³-hybridized carbons (Fsp3) is 0.333. The Morgan fingerprint density at radius 1 is 1.08 bits per heavy atom. The summed E-state index contributed by atoms with van der Waals surface area (Å²) in [6, 6.07) is 14.4. The number of benzene rings is 2. The van der Waals surface area contributed by atoms with E-state index in [0.29, 0.717) is 24.4 Å². The summed E-state index contributed by atoms with van der Waals surface area (Å²) < 4.78 is 1.80. The average molecular weight is 498 g/mol. The third-order valence-corrected chi connectivity index (χ3v) is 7.11. The Hall–Kier alpha value is -4.18. The third-order valence-electron chi connectivity index (χ3n) is 7.11. The molecule has 0 radical (unpaired) electrons. The van der Waals surface area contributed by atoms with Crippen LogP contribution in [0.4, 0.5) is 11.9 Å². The van der Waals surface area contributed by atoms with Crippen molar-refractivity contribution in [1.29, 1.82) is 0 Å². The fourth-order valence-corrected chi connectivity index (χ4v) is 4.98. The first-order valence-electron chi connectivity index (χ1n) is 12.8. The van der Waals surface area contributed by atoms with Gasteiger partial charge < -0.3 is 25.9 Å². The lowest BCUT2D eigenvalue weighted by molar-refractivity contribution is 0.495. The van der Waals surface area contributed by atoms with Gasteiger partial charge in [0.15, 0.2) is 5.65 Å². The van der Waals surface area contributed by atoms with Gasteiger partial charge >= 0.3 is 5.69 Å². The number of hydrogen-bond donors (Lipinski definition) is 4. The number of nitrogens with two attached hydrogens (primary N) is 1. The Bertz CT molecular complexity index is 1620. The average Bonchev–Trinajstić information content (AvgIpc) is 3.50. The van der Waals surface area contributed by atoms with Gasteiger partial charge in [-0.25, -0.2) is 4.79 Å². The summed E-state index contributed by atoms with van der Waals surface area (Å²) in [5, 5.41) is 8.15. The van der Waals surface area contributed by atoms with Crippen LogP contribution in [-0.4, -0.2) is 48.7 Å². The summed E-state index contributed by atoms with van der Waals surface area (Å²) in [5.41, 5.74) is 12.6. The monoisotopic (exact) mass is 497 g/mol. The third kappa shape index (κ3) is 4.44. The maximum atomic E-state index is 11.7. The predicted octanol–water partition coefficient (Wildman–Crippen LogP) is 3.62. The highest BCUT2D eigenvalue weighted by molar-refractivity contribution is 5.82. The van der Waals surface area contributed by atoms with E-state index in [1.54, 1.807) is 4.52 Å². The van der Waals surface area contributed by atoms with E-state index in [1.165, 1.54) is 0 Å². The molecule has 5 aromatic rings. The van der Waals surface area contributed by atoms with E-state index >= 15 is 0 Å². The number of H-pyrrole nitrogens is 2. The van der Waals surface area contributed by atoms with Crippen LogP contribution < -0.4 is 21.6 Å². The Kier molecular flexibility index (Phi) is 5.88. The van der Waals surface area contributed by atoms with Crippen molar-refractivity contribution < 1.29 is 0 Å². The maximum Gasteiger partial charge on any atom is 0.323 e. The van der Waals surface area contributed by atoms with Gasteiger partial charge in [-0.1, -0.05) is 44.2 Å². The maximum absolute atomic E-state index is 11.7. The first kappa shape index (κ1) is 23.2. The molecule has 0 unspecified atom stereocenters. The highest BCUT2D eigenvalue weighted by Crippen LogP contribution is 2.28. The molecule has 6 rings (SSSR count). The second-order valence-corrected chi connectivity index (χ2v) is 10.0. The quantitative estimate of drug-likeness (QED) is 0.282. The minimum absolute atomic E-state index is 0.207. The normalized spacial score (nSPS) is 14.8. The van der Waals surface area contributed by atoms with E-state index in [4.69, 9.17) is 15.7 Å². The van der Waals surface area contributed by atoms with Gasteiger partial charge in [0.1, 0.15) is 0 Å². The minimum Gasteiger partial charge on any atom is -0.350 e. The summed E-state index contributed by atoms with van der Waals surface area (Å²) in [6.07, 6.45) is 3.74. The molecule has 10 nitrogen and oxygen atoms in total. The van der Waals surface area contributed by atoms with Crippen LogP contribution in [0.15, 0.2) is 53.5 Å². The molecule has 2 aromatic carbocycles. The summed E-state index contributed by atoms with van der Waals surface area (Å²) >= 11 is 0. The van der Waals surface area contributed by atoms with Crippen LogP contribution in [0.1, 0.15) is 43.7 Å². The van der Waals surface area contributed by atoms with Crippen LogP contribution in [0, 0.1) is 0 Å². The van der Waals surface area contributed by atoms with Crippen LogP contribution >= 0.6 is 0 Å². The Morgan fingerprint density at radius 2 is 1.86 bits per heavy atom. The summed E-state index contributed by atoms with van der Waals surface area (Å²) in [6.45, 7) is 6.53. The van der Waals surface area contributed by atoms with E-state index in [0.717, 1.165) is 64.9 Å². The van der Waals surface area contributed by atoms with Gasteiger partial charge in [-0.3, -0.25) is 0 Å². The van der Waals surface area contributed by atoms with Crippen molar-refractivity contribution in [3.05, 3.63) is 70.3 Å². The Labute approximate surface area is 213 Å². The summed E-state index contributed by atoms with van der Waals surface area (Å²) in [7, 11) is 0. The number of hydrogen-bond acceptors (Lipinski definition) is 7. The van der Waals surface area contributed by atoms with Gasteiger partial charge in [0.05, 0.1) is 17.2 Å². The number of imidazole rings is 1. The second-order valence-electron chi connectivity index (χ2n) is 10.0. The second kappa shape index (κ2) is 9.36. The molecular formula is C27H31N9O. The smallest absolute Gasteiger partial charge is 0.323 e. The molecule has 10 heteroatoms. The lowest BCUT2D eigenvalue weighted by atomic mass is 9.99. The standard InChI is InChI=1S/C27H31N9O/c1-16(2)21-15-30-36-24(21)33-26(35-11-9-19(28)10-12-35)34-25(36)29-14-18-5-3-4-6-20(18)17-7-8-22-23(13-17)32-27(37)31-22/h3-8,13,15-16,19H,9-12,14,28H2,1-2H3,(H,29,33,34)(H2,31,32,37). The molecule has 4 heterocycles. The molecule has 0 amide bonds. The van der Waals surface area contributed by atoms with Crippen molar-refractivity contribution >= 4 is 28.6 Å². The first-order chi connectivity index (χ1) is 18.0. The molecular weight excluding hydrogens is 466 g/mol. The van der Waals surface area contributed by atoms with E-state index < -0.39 is 0 Å². The van der Waals surface area contributed by atoms with Crippen molar-refractivity contribution in [3.8, 4) is 11.1 Å². The molecule has 0 bridgehead atoms. The molecule has 0 aliphatic carbocycles. The van der Waals surface area contributed by atoms with Gasteiger partial charge in [0, 0.05) is 31.2 Å². The first-order valence-corrected chi connectivity index (χ1v) is 12.8. The number of piperidine rings is 1. The molecule has 37 heavy (non-hydrogen) atoms. The van der Waals surface area contributed by atoms with Crippen molar-refractivity contribution in [3.63, 3.8) is 0 Å². The van der Waals surface area contributed by atoms with Crippen molar-refractivity contribution in [1.82, 2.24) is 29.5 Å². The van der Waals surface area contributed by atoms with Gasteiger partial charge in [-0.05, 0) is 47.6 Å². The zero-order valence-corrected chi connectivity index (χ0v) is 21.0. The zero-order chi connectivity index (χ0) is 25.5. The van der Waals surface area contributed by atoms with Crippen LogP contribution in [0.25, 0.3) is 27.8 Å². The molecule has 3 aromatic heterocycles. The number of rotatable bonds is 6. The molecule has 190 valence electrons. The molecule has 1 saturated heterocycles. The highest BCUT2D eigenvalue weighted by Gasteiger charge is 2.22. The van der Waals surface area contributed by atoms with Crippen LogP contribution in [-0.2, 0) is 6.54 Å². The zero-order valence-electron chi connectivity index (χ0n) is 21.0. The van der Waals surface area contributed by atoms with Crippen molar-refractivity contribution in [2.75, 3.05) is 23.3 Å². The molecule has 1 aliphatic rings. The lowest BCUT2D eigenvalue weighted by Crippen LogP contribution is -2.40. The number of aromatic amines is 2. The van der Waals surface area contributed by atoms with E-state index in [2.05, 4.69) is 51.3 Å². The van der Waals surface area contributed by atoms with Gasteiger partial charge in [0.25, 0.3) is 0 Å². The Balaban J connectivity index is 1.35. The molecule has 5 N–H and O–H groups in total. The van der Waals surface area contributed by atoms with Gasteiger partial charge in [-0.2, -0.15) is 19.6 Å². The van der Waals surface area contributed by atoms with Crippen molar-refractivity contribution in [2.24, 2.45) is 5.73 Å². The lowest BCUT2D eigenvalue weighted by Gasteiger charge is -2.30. The minimum atomic E-state index is -0.207. The van der Waals surface area contributed by atoms with E-state index in [1.807, 2.05) is 36.5 Å². The SMILES string of the molecule is CC(C)c1cnn2c(NCc3ccccc3-c3ccc4[nH]c(=O)[nH]c4c3)nc(N3CCC(N)CC3)nc12. The van der Waals surface area contributed by atoms with Crippen LogP contribution in [0.3, 0.4) is 0 Å². The topological polar surface area (TPSA) is 133 Å². The van der Waals surface area contributed by atoms with E-state index in [-0.39, 0.29) is 11.7 Å². The number of nitrogens with zero attached hydrogens (tertiary/aromatic N) is 5. The number of aromatic nitrogens is 6. The largest absolute Gasteiger partial charge is 0.350 e. The number of nitrogens with one attached hydrogen (secondary N) is 3. The highest BCUT2D eigenvalue weighted by atomic mass is 16.1. The fourth-order valence-electron chi connectivity index (χ4n) is 4.98. The van der Waals surface area contributed by atoms with Gasteiger partial charge in [0.2, 0.25) is 11.9 Å². The number of fused-ring (bicyclic) bond motifs is 2. The molecule has 1 fully saturated rings. The molecule has 0 spiro atoms. The summed E-state index contributed by atoms with van der Waals surface area (Å²) in [4.78, 5) is 29.4. The molecule has 1 aliphatic heterocycles. The number of anilines is 2. The van der Waals surface area contributed by atoms with Crippen LogP contribution in [0.2, 0.25) is 0 Å². The predicted molar refractivity (Wildman–Crippen MR) is 146 cm³/mol. The van der Waals surface area contributed by atoms with Crippen LogP contribution in [0.5, 0.6) is 0 Å². The molecule has 0 saturated carbocycles. The molecule has 0 atom stereocenters. The summed E-state index contributed by atoms with van der Waals surface area (Å²) in [5.74, 6) is 1.65. The van der Waals surface area contributed by atoms with Gasteiger partial charge in [-0.15, -0.1) is 0 Å². The Morgan fingerprint density at radius 3 is 2.68 bits per heavy atom. The van der Waals surface area contributed by atoms with Crippen molar-refractivity contribution in [2.45, 2.75) is 45.2 Å².